The summed E-state index contributed by atoms with van der Waals surface area (Å²) >= 11 is 4.94. The SMILES string of the molecule is CCCC(=O)Cl.COC=O. The van der Waals surface area contributed by atoms with Crippen LogP contribution >= 0.6 is 11.6 Å². The Kier molecular flexibility index (Phi) is 13.7. The average molecular weight is 167 g/mol. The summed E-state index contributed by atoms with van der Waals surface area (Å²) in [4.78, 5) is 18.8. The zero-order chi connectivity index (χ0) is 8.41. The van der Waals surface area contributed by atoms with E-state index in [1.807, 2.05) is 6.92 Å². The third-order valence-corrected chi connectivity index (χ3v) is 0.732. The van der Waals surface area contributed by atoms with Crippen molar-refractivity contribution in [3.63, 3.8) is 0 Å². The molecule has 0 unspecified atom stereocenters. The molecule has 0 aromatic rings. The van der Waals surface area contributed by atoms with Crippen LogP contribution in [0.25, 0.3) is 0 Å². The Morgan fingerprint density at radius 3 is 2.10 bits per heavy atom. The van der Waals surface area contributed by atoms with E-state index in [0.29, 0.717) is 12.9 Å². The quantitative estimate of drug-likeness (QED) is 0.470. The van der Waals surface area contributed by atoms with Crippen LogP contribution in [0.5, 0.6) is 0 Å². The van der Waals surface area contributed by atoms with E-state index >= 15 is 0 Å². The number of ether oxygens (including phenoxy) is 1. The van der Waals surface area contributed by atoms with Crippen molar-refractivity contribution >= 4 is 23.3 Å². The van der Waals surface area contributed by atoms with E-state index in [-0.39, 0.29) is 5.24 Å². The van der Waals surface area contributed by atoms with Crippen LogP contribution in [0.4, 0.5) is 0 Å². The maximum Gasteiger partial charge on any atom is 0.292 e. The summed E-state index contributed by atoms with van der Waals surface area (Å²) < 4.78 is 3.86. The molecule has 0 saturated heterocycles. The lowest BCUT2D eigenvalue weighted by Crippen LogP contribution is -1.79. The molecule has 0 atom stereocenters. The third kappa shape index (κ3) is 26.1. The highest BCUT2D eigenvalue weighted by atomic mass is 35.5. The van der Waals surface area contributed by atoms with Gasteiger partial charge in [0.2, 0.25) is 5.24 Å². The van der Waals surface area contributed by atoms with E-state index < -0.39 is 0 Å². The van der Waals surface area contributed by atoms with Crippen LogP contribution in [-0.4, -0.2) is 18.8 Å². The molecule has 0 amide bonds. The van der Waals surface area contributed by atoms with Crippen molar-refractivity contribution in [1.82, 2.24) is 0 Å². The lowest BCUT2D eigenvalue weighted by Gasteiger charge is -1.77. The second-order valence-corrected chi connectivity index (χ2v) is 1.86. The largest absolute Gasteiger partial charge is 0.471 e. The minimum atomic E-state index is -0.238. The van der Waals surface area contributed by atoms with Gasteiger partial charge in [0.05, 0.1) is 7.11 Å². The Balaban J connectivity index is 0. The fourth-order valence-electron chi connectivity index (χ4n) is 0.197. The number of hydrogen-bond donors (Lipinski definition) is 0. The number of carbonyl (C=O) groups is 2. The molecule has 0 spiro atoms. The molecule has 10 heavy (non-hydrogen) atoms. The Hall–Kier alpha value is -0.570. The van der Waals surface area contributed by atoms with Gasteiger partial charge >= 0.3 is 0 Å². The zero-order valence-corrected chi connectivity index (χ0v) is 6.85. The summed E-state index contributed by atoms with van der Waals surface area (Å²) in [7, 11) is 1.31. The molecular weight excluding hydrogens is 156 g/mol. The molecule has 60 valence electrons. The zero-order valence-electron chi connectivity index (χ0n) is 6.09. The normalized spacial score (nSPS) is 7.10. The van der Waals surface area contributed by atoms with Crippen LogP contribution in [0, 0.1) is 0 Å². The number of carbonyl (C=O) groups excluding carboxylic acids is 2. The van der Waals surface area contributed by atoms with Crippen molar-refractivity contribution in [3.8, 4) is 0 Å². The molecule has 0 aliphatic rings. The van der Waals surface area contributed by atoms with E-state index in [4.69, 9.17) is 16.4 Å². The first-order valence-corrected chi connectivity index (χ1v) is 3.21. The molecule has 0 aromatic heterocycles. The van der Waals surface area contributed by atoms with E-state index in [1.165, 1.54) is 7.11 Å². The smallest absolute Gasteiger partial charge is 0.292 e. The van der Waals surface area contributed by atoms with Crippen LogP contribution in [-0.2, 0) is 14.3 Å². The lowest BCUT2D eigenvalue weighted by atomic mass is 10.4. The standard InChI is InChI=1S/C4H7ClO.C2H4O2/c1-2-3-4(5)6;1-4-2-3/h2-3H2,1H3;2H,1H3. The highest BCUT2D eigenvalue weighted by molar-refractivity contribution is 6.63. The number of hydrogen-bond acceptors (Lipinski definition) is 3. The predicted octanol–water partition coefficient (Wildman–Crippen LogP) is 1.34. The van der Waals surface area contributed by atoms with E-state index in [9.17, 15) is 4.79 Å². The van der Waals surface area contributed by atoms with Gasteiger partial charge in [0, 0.05) is 6.42 Å². The van der Waals surface area contributed by atoms with Crippen molar-refractivity contribution in [2.75, 3.05) is 7.11 Å². The van der Waals surface area contributed by atoms with Crippen molar-refractivity contribution in [2.45, 2.75) is 19.8 Å². The van der Waals surface area contributed by atoms with Crippen LogP contribution in [0.1, 0.15) is 19.8 Å². The minimum Gasteiger partial charge on any atom is -0.471 e. The summed E-state index contributed by atoms with van der Waals surface area (Å²) in [6.45, 7) is 2.29. The van der Waals surface area contributed by atoms with Gasteiger partial charge in [-0.2, -0.15) is 0 Å². The van der Waals surface area contributed by atoms with E-state index in [1.54, 1.807) is 0 Å². The molecule has 0 saturated carbocycles. The monoisotopic (exact) mass is 166 g/mol. The maximum atomic E-state index is 9.81. The number of rotatable bonds is 3. The van der Waals surface area contributed by atoms with E-state index in [0.717, 1.165) is 6.42 Å². The van der Waals surface area contributed by atoms with Gasteiger partial charge in [0.15, 0.2) is 0 Å². The maximum absolute atomic E-state index is 9.81. The molecule has 0 N–H and O–H groups in total. The summed E-state index contributed by atoms with van der Waals surface area (Å²) in [5, 5.41) is -0.238. The second-order valence-electron chi connectivity index (χ2n) is 1.44. The fraction of sp³-hybridized carbons (Fsp3) is 0.667. The number of methoxy groups -OCH3 is 1. The second kappa shape index (κ2) is 11.3. The minimum absolute atomic E-state index is 0.238. The van der Waals surface area contributed by atoms with E-state index in [2.05, 4.69) is 4.74 Å². The van der Waals surface area contributed by atoms with Gasteiger partial charge in [-0.1, -0.05) is 6.92 Å². The van der Waals surface area contributed by atoms with Crippen LogP contribution in [0.2, 0.25) is 0 Å². The van der Waals surface area contributed by atoms with Crippen molar-refractivity contribution < 1.29 is 14.3 Å². The molecule has 4 heteroatoms. The van der Waals surface area contributed by atoms with Crippen LogP contribution in [0.15, 0.2) is 0 Å². The molecule has 3 nitrogen and oxygen atoms in total. The molecule has 0 fully saturated rings. The van der Waals surface area contributed by atoms with Gasteiger partial charge in [-0.25, -0.2) is 0 Å². The molecular formula is C6H11ClO3. The summed E-state index contributed by atoms with van der Waals surface area (Å²) in [5.74, 6) is 0. The van der Waals surface area contributed by atoms with Crippen molar-refractivity contribution in [3.05, 3.63) is 0 Å². The Labute approximate surface area is 65.3 Å². The Bertz CT molecular complexity index is 93.0. The highest BCUT2D eigenvalue weighted by Gasteiger charge is 1.87. The Morgan fingerprint density at radius 2 is 2.10 bits per heavy atom. The van der Waals surface area contributed by atoms with Gasteiger partial charge in [-0.05, 0) is 18.0 Å². The van der Waals surface area contributed by atoms with Gasteiger partial charge in [-0.3, -0.25) is 9.59 Å². The summed E-state index contributed by atoms with van der Waals surface area (Å²) in [6.07, 6.45) is 1.35. The summed E-state index contributed by atoms with van der Waals surface area (Å²) in [6, 6.07) is 0. The number of halogens is 1. The molecule has 0 aliphatic carbocycles. The van der Waals surface area contributed by atoms with Crippen LogP contribution < -0.4 is 0 Å². The Morgan fingerprint density at radius 1 is 1.70 bits per heavy atom. The first-order valence-electron chi connectivity index (χ1n) is 2.83. The topological polar surface area (TPSA) is 43.4 Å². The third-order valence-electron chi connectivity index (χ3n) is 0.543. The lowest BCUT2D eigenvalue weighted by molar-refractivity contribution is -0.126. The molecule has 0 heterocycles. The van der Waals surface area contributed by atoms with Crippen molar-refractivity contribution in [1.29, 1.82) is 0 Å². The highest BCUT2D eigenvalue weighted by Crippen LogP contribution is 1.90. The molecule has 0 rings (SSSR count). The molecule has 0 aliphatic heterocycles. The molecule has 0 bridgehead atoms. The first kappa shape index (κ1) is 12.1. The van der Waals surface area contributed by atoms with Crippen molar-refractivity contribution in [2.24, 2.45) is 0 Å². The van der Waals surface area contributed by atoms with Gasteiger partial charge < -0.3 is 4.74 Å². The fourth-order valence-corrected chi connectivity index (χ4v) is 0.386. The predicted molar refractivity (Wildman–Crippen MR) is 38.8 cm³/mol. The average Bonchev–Trinajstić information content (AvgIpc) is 1.89. The molecule has 0 radical (unpaired) electrons. The van der Waals surface area contributed by atoms with Gasteiger partial charge in [0.25, 0.3) is 6.47 Å². The van der Waals surface area contributed by atoms with Gasteiger partial charge in [0.1, 0.15) is 0 Å². The summed E-state index contributed by atoms with van der Waals surface area (Å²) in [5.41, 5.74) is 0. The first-order chi connectivity index (χ1) is 4.68. The van der Waals surface area contributed by atoms with Crippen LogP contribution in [0.3, 0.4) is 0 Å². The molecule has 0 aromatic carbocycles. The van der Waals surface area contributed by atoms with Gasteiger partial charge in [-0.15, -0.1) is 0 Å².